The minimum Gasteiger partial charge on any atom is -0.467 e. The van der Waals surface area contributed by atoms with Crippen LogP contribution in [0.15, 0.2) is 24.3 Å². The molecule has 2 unspecified atom stereocenters. The Kier molecular flexibility index (Phi) is 4.22. The Labute approximate surface area is 116 Å². The Morgan fingerprint density at radius 2 is 1.60 bits per heavy atom. The van der Waals surface area contributed by atoms with Crippen molar-refractivity contribution in [2.75, 3.05) is 19.1 Å². The Balaban J connectivity index is 2.41. The van der Waals surface area contributed by atoms with Crippen molar-refractivity contribution in [1.82, 2.24) is 0 Å². The summed E-state index contributed by atoms with van der Waals surface area (Å²) >= 11 is 0. The van der Waals surface area contributed by atoms with Gasteiger partial charge in [0.05, 0.1) is 19.9 Å². The number of carbonyl (C=O) groups excluding carboxylic acids is 2. The number of methoxy groups -OCH3 is 2. The van der Waals surface area contributed by atoms with E-state index in [0.717, 1.165) is 0 Å². The van der Waals surface area contributed by atoms with Gasteiger partial charge in [-0.1, -0.05) is 12.1 Å². The van der Waals surface area contributed by atoms with E-state index in [4.69, 9.17) is 9.47 Å². The highest BCUT2D eigenvalue weighted by Gasteiger charge is 2.43. The van der Waals surface area contributed by atoms with Crippen LogP contribution in [0.25, 0.3) is 0 Å². The molecule has 0 aromatic heterocycles. The van der Waals surface area contributed by atoms with Crippen molar-refractivity contribution in [2.45, 2.75) is 24.9 Å². The highest BCUT2D eigenvalue weighted by atomic mass is 19.1. The molecule has 1 aliphatic rings. The summed E-state index contributed by atoms with van der Waals surface area (Å²) in [5, 5.41) is 0. The van der Waals surface area contributed by atoms with Gasteiger partial charge in [0.25, 0.3) is 0 Å². The molecule has 0 radical (unpaired) electrons. The largest absolute Gasteiger partial charge is 0.467 e. The minimum atomic E-state index is -0.680. The summed E-state index contributed by atoms with van der Waals surface area (Å²) in [6, 6.07) is 4.67. The van der Waals surface area contributed by atoms with Gasteiger partial charge in [0, 0.05) is 0 Å². The summed E-state index contributed by atoms with van der Waals surface area (Å²) in [7, 11) is 2.54. The Morgan fingerprint density at radius 1 is 1.10 bits per heavy atom. The SMILES string of the molecule is COC(=O)C1CCC(C(=O)OC)N1c1ccccc1F. The third-order valence-electron chi connectivity index (χ3n) is 3.46. The van der Waals surface area contributed by atoms with Crippen molar-refractivity contribution in [2.24, 2.45) is 0 Å². The Bertz CT molecular complexity index is 496. The zero-order chi connectivity index (χ0) is 14.7. The van der Waals surface area contributed by atoms with Crippen LogP contribution in [0.5, 0.6) is 0 Å². The number of esters is 2. The highest BCUT2D eigenvalue weighted by molar-refractivity contribution is 5.88. The van der Waals surface area contributed by atoms with Crippen LogP contribution in [0.3, 0.4) is 0 Å². The summed E-state index contributed by atoms with van der Waals surface area (Å²) < 4.78 is 23.4. The van der Waals surface area contributed by atoms with Crippen molar-refractivity contribution in [3.63, 3.8) is 0 Å². The zero-order valence-corrected chi connectivity index (χ0v) is 11.3. The molecule has 0 aliphatic carbocycles. The minimum absolute atomic E-state index is 0.204. The van der Waals surface area contributed by atoms with Gasteiger partial charge < -0.3 is 14.4 Å². The average Bonchev–Trinajstić information content (AvgIpc) is 2.90. The molecule has 0 bridgehead atoms. The molecule has 0 N–H and O–H groups in total. The van der Waals surface area contributed by atoms with Crippen molar-refractivity contribution in [1.29, 1.82) is 0 Å². The number of benzene rings is 1. The van der Waals surface area contributed by atoms with Crippen LogP contribution >= 0.6 is 0 Å². The summed E-state index contributed by atoms with van der Waals surface area (Å²) in [5.74, 6) is -1.46. The van der Waals surface area contributed by atoms with E-state index in [-0.39, 0.29) is 5.69 Å². The molecule has 1 fully saturated rings. The van der Waals surface area contributed by atoms with E-state index in [0.29, 0.717) is 12.8 Å². The number of carbonyl (C=O) groups is 2. The van der Waals surface area contributed by atoms with Gasteiger partial charge in [0.15, 0.2) is 0 Å². The van der Waals surface area contributed by atoms with Gasteiger partial charge in [-0.25, -0.2) is 14.0 Å². The van der Waals surface area contributed by atoms with Crippen LogP contribution < -0.4 is 4.90 Å². The monoisotopic (exact) mass is 281 g/mol. The first-order chi connectivity index (χ1) is 9.60. The van der Waals surface area contributed by atoms with Crippen LogP contribution in [0.4, 0.5) is 10.1 Å². The number of para-hydroxylation sites is 1. The van der Waals surface area contributed by atoms with Crippen LogP contribution in [0.2, 0.25) is 0 Å². The average molecular weight is 281 g/mol. The summed E-state index contributed by atoms with van der Waals surface area (Å²) in [4.78, 5) is 25.1. The molecule has 6 heteroatoms. The molecular weight excluding hydrogens is 265 g/mol. The van der Waals surface area contributed by atoms with Crippen molar-refractivity contribution in [3.05, 3.63) is 30.1 Å². The van der Waals surface area contributed by atoms with E-state index >= 15 is 0 Å². The van der Waals surface area contributed by atoms with Crippen molar-refractivity contribution in [3.8, 4) is 0 Å². The van der Waals surface area contributed by atoms with Crippen molar-refractivity contribution >= 4 is 17.6 Å². The second-order valence-electron chi connectivity index (χ2n) is 4.51. The van der Waals surface area contributed by atoms with E-state index in [9.17, 15) is 14.0 Å². The van der Waals surface area contributed by atoms with E-state index in [2.05, 4.69) is 0 Å². The second-order valence-corrected chi connectivity index (χ2v) is 4.51. The van der Waals surface area contributed by atoms with Crippen LogP contribution in [0.1, 0.15) is 12.8 Å². The highest BCUT2D eigenvalue weighted by Crippen LogP contribution is 2.33. The van der Waals surface area contributed by atoms with E-state index < -0.39 is 29.8 Å². The fourth-order valence-corrected chi connectivity index (χ4v) is 2.54. The summed E-state index contributed by atoms with van der Waals surface area (Å²) in [5.41, 5.74) is 0.204. The van der Waals surface area contributed by atoms with E-state index in [1.54, 1.807) is 12.1 Å². The van der Waals surface area contributed by atoms with Crippen LogP contribution in [0, 0.1) is 5.82 Å². The lowest BCUT2D eigenvalue weighted by Gasteiger charge is -2.29. The molecule has 0 amide bonds. The number of hydrogen-bond acceptors (Lipinski definition) is 5. The summed E-state index contributed by atoms with van der Waals surface area (Å²) in [6.07, 6.45) is 0.835. The van der Waals surface area contributed by atoms with Gasteiger partial charge in [0.2, 0.25) is 0 Å². The van der Waals surface area contributed by atoms with Gasteiger partial charge in [-0.05, 0) is 25.0 Å². The van der Waals surface area contributed by atoms with Gasteiger partial charge in [-0.3, -0.25) is 0 Å². The van der Waals surface area contributed by atoms with Crippen LogP contribution in [-0.4, -0.2) is 38.2 Å². The molecular formula is C14H16FNO4. The fraction of sp³-hybridized carbons (Fsp3) is 0.429. The first-order valence-electron chi connectivity index (χ1n) is 6.28. The first kappa shape index (κ1) is 14.3. The molecule has 1 aliphatic heterocycles. The van der Waals surface area contributed by atoms with Gasteiger partial charge in [0.1, 0.15) is 17.9 Å². The maximum absolute atomic E-state index is 14.0. The number of hydrogen-bond donors (Lipinski definition) is 0. The molecule has 5 nitrogen and oxygen atoms in total. The van der Waals surface area contributed by atoms with E-state index in [1.807, 2.05) is 0 Å². The number of ether oxygens (including phenoxy) is 2. The lowest BCUT2D eigenvalue weighted by Crippen LogP contribution is -2.45. The molecule has 0 saturated carbocycles. The molecule has 20 heavy (non-hydrogen) atoms. The third kappa shape index (κ3) is 2.45. The van der Waals surface area contributed by atoms with Crippen LogP contribution in [-0.2, 0) is 19.1 Å². The fourth-order valence-electron chi connectivity index (χ4n) is 2.54. The maximum atomic E-state index is 14.0. The number of rotatable bonds is 3. The molecule has 1 saturated heterocycles. The standard InChI is InChI=1S/C14H16FNO4/c1-19-13(17)11-7-8-12(14(18)20-2)16(11)10-6-4-3-5-9(10)15/h3-6,11-12H,7-8H2,1-2H3. The predicted octanol–water partition coefficient (Wildman–Crippen LogP) is 1.51. The molecule has 108 valence electrons. The van der Waals surface area contributed by atoms with E-state index in [1.165, 1.54) is 31.3 Å². The lowest BCUT2D eigenvalue weighted by atomic mass is 10.2. The topological polar surface area (TPSA) is 55.8 Å². The zero-order valence-electron chi connectivity index (χ0n) is 11.3. The van der Waals surface area contributed by atoms with Gasteiger partial charge >= 0.3 is 11.9 Å². The smallest absolute Gasteiger partial charge is 0.328 e. The molecule has 0 spiro atoms. The molecule has 2 rings (SSSR count). The number of anilines is 1. The van der Waals surface area contributed by atoms with Crippen molar-refractivity contribution < 1.29 is 23.5 Å². The number of nitrogens with zero attached hydrogens (tertiary/aromatic N) is 1. The molecule has 1 aromatic rings. The Morgan fingerprint density at radius 3 is 2.05 bits per heavy atom. The van der Waals surface area contributed by atoms with Gasteiger partial charge in [-0.2, -0.15) is 0 Å². The second kappa shape index (κ2) is 5.90. The third-order valence-corrected chi connectivity index (χ3v) is 3.46. The summed E-state index contributed by atoms with van der Waals surface area (Å²) in [6.45, 7) is 0. The molecule has 2 atom stereocenters. The lowest BCUT2D eigenvalue weighted by molar-refractivity contribution is -0.142. The molecule has 1 aromatic carbocycles. The quantitative estimate of drug-likeness (QED) is 0.786. The molecule has 1 heterocycles. The van der Waals surface area contributed by atoms with Gasteiger partial charge in [-0.15, -0.1) is 0 Å². The maximum Gasteiger partial charge on any atom is 0.328 e. The normalized spacial score (nSPS) is 21.6. The predicted molar refractivity (Wildman–Crippen MR) is 69.7 cm³/mol. The Hall–Kier alpha value is -2.11. The first-order valence-corrected chi connectivity index (χ1v) is 6.28. The number of halogens is 1.